The van der Waals surface area contributed by atoms with Crippen LogP contribution in [-0.4, -0.2) is 36.4 Å². The second-order valence-electron chi connectivity index (χ2n) is 5.85. The van der Waals surface area contributed by atoms with Gasteiger partial charge in [0.15, 0.2) is 5.96 Å². The number of carbonyl (C=O) groups excluding carboxylic acids is 1. The smallest absolute Gasteiger partial charge is 0.223 e. The van der Waals surface area contributed by atoms with E-state index >= 15 is 0 Å². The maximum atomic E-state index is 12.0. The minimum absolute atomic E-state index is 0.0781. The molecule has 1 heterocycles. The minimum atomic E-state index is 0.0781. The van der Waals surface area contributed by atoms with Crippen molar-refractivity contribution < 1.29 is 4.79 Å². The van der Waals surface area contributed by atoms with Crippen LogP contribution in [0.2, 0.25) is 0 Å². The molecule has 0 aromatic heterocycles. The third-order valence-corrected chi connectivity index (χ3v) is 3.77. The highest BCUT2D eigenvalue weighted by Crippen LogP contribution is 2.36. The average Bonchev–Trinajstić information content (AvgIpc) is 2.72. The molecule has 0 bridgehead atoms. The number of amides is 1. The van der Waals surface area contributed by atoms with Gasteiger partial charge < -0.3 is 16.0 Å². The number of likely N-dealkylation sites (tertiary alicyclic amines) is 1. The van der Waals surface area contributed by atoms with Gasteiger partial charge in [-0.2, -0.15) is 0 Å². The summed E-state index contributed by atoms with van der Waals surface area (Å²) in [7, 11) is 1.86. The predicted octanol–water partition coefficient (Wildman–Crippen LogP) is 1.52. The number of rotatable bonds is 4. The summed E-state index contributed by atoms with van der Waals surface area (Å²) in [6.45, 7) is 4.59. The van der Waals surface area contributed by atoms with Gasteiger partial charge in [0.1, 0.15) is 0 Å². The quantitative estimate of drug-likeness (QED) is 0.652. The fourth-order valence-electron chi connectivity index (χ4n) is 2.82. The van der Waals surface area contributed by atoms with Gasteiger partial charge in [0.05, 0.1) is 6.04 Å². The first-order valence-corrected chi connectivity index (χ1v) is 7.36. The molecule has 1 aromatic rings. The van der Waals surface area contributed by atoms with Gasteiger partial charge in [0.2, 0.25) is 5.91 Å². The third kappa shape index (κ3) is 3.74. The van der Waals surface area contributed by atoms with Crippen LogP contribution >= 0.6 is 0 Å². The molecule has 1 saturated heterocycles. The van der Waals surface area contributed by atoms with E-state index in [0.717, 1.165) is 5.56 Å². The highest BCUT2D eigenvalue weighted by Gasteiger charge is 2.38. The molecule has 1 aliphatic heterocycles. The van der Waals surface area contributed by atoms with E-state index in [0.29, 0.717) is 18.9 Å². The van der Waals surface area contributed by atoms with Crippen LogP contribution in [0, 0.1) is 5.92 Å². The van der Waals surface area contributed by atoms with Gasteiger partial charge in [-0.05, 0) is 19.4 Å². The first-order valence-electron chi connectivity index (χ1n) is 7.36. The van der Waals surface area contributed by atoms with E-state index in [1.807, 2.05) is 44.0 Å². The third-order valence-electron chi connectivity index (χ3n) is 3.77. The van der Waals surface area contributed by atoms with Crippen molar-refractivity contribution in [3.8, 4) is 0 Å². The van der Waals surface area contributed by atoms with E-state index in [9.17, 15) is 4.79 Å². The minimum Gasteiger partial charge on any atom is -0.370 e. The number of benzene rings is 1. The van der Waals surface area contributed by atoms with Crippen molar-refractivity contribution in [1.82, 2.24) is 10.2 Å². The summed E-state index contributed by atoms with van der Waals surface area (Å²) in [4.78, 5) is 18.2. The lowest BCUT2D eigenvalue weighted by Gasteiger charge is -2.24. The molecular weight excluding hydrogens is 264 g/mol. The van der Waals surface area contributed by atoms with Crippen molar-refractivity contribution in [2.24, 2.45) is 16.6 Å². The summed E-state index contributed by atoms with van der Waals surface area (Å²) in [5.74, 6) is 0.774. The van der Waals surface area contributed by atoms with Crippen LogP contribution in [-0.2, 0) is 4.79 Å². The number of guanidine groups is 1. The van der Waals surface area contributed by atoms with E-state index in [2.05, 4.69) is 22.4 Å². The average molecular weight is 288 g/mol. The highest BCUT2D eigenvalue weighted by atomic mass is 16.2. The van der Waals surface area contributed by atoms with Crippen molar-refractivity contribution in [2.45, 2.75) is 32.4 Å². The number of nitrogens with two attached hydrogens (primary N) is 1. The molecule has 0 saturated carbocycles. The lowest BCUT2D eigenvalue weighted by molar-refractivity contribution is -0.127. The number of hydrogen-bond acceptors (Lipinski definition) is 2. The zero-order valence-corrected chi connectivity index (χ0v) is 12.9. The van der Waals surface area contributed by atoms with E-state index in [4.69, 9.17) is 5.73 Å². The first-order chi connectivity index (χ1) is 9.99. The Morgan fingerprint density at radius 2 is 2.10 bits per heavy atom. The molecule has 5 nitrogen and oxygen atoms in total. The Balaban J connectivity index is 2.12. The monoisotopic (exact) mass is 288 g/mol. The Kier molecular flexibility index (Phi) is 4.83. The van der Waals surface area contributed by atoms with Gasteiger partial charge in [0.25, 0.3) is 0 Å². The number of nitrogens with zero attached hydrogens (tertiary/aromatic N) is 2. The van der Waals surface area contributed by atoms with Crippen LogP contribution in [0.25, 0.3) is 0 Å². The normalized spacial score (nSPS) is 23.0. The molecule has 0 spiro atoms. The fraction of sp³-hybridized carbons (Fsp3) is 0.500. The zero-order valence-electron chi connectivity index (χ0n) is 12.9. The van der Waals surface area contributed by atoms with Crippen molar-refractivity contribution in [3.63, 3.8) is 0 Å². The van der Waals surface area contributed by atoms with Crippen molar-refractivity contribution in [1.29, 1.82) is 0 Å². The topological polar surface area (TPSA) is 70.7 Å². The molecule has 2 atom stereocenters. The van der Waals surface area contributed by atoms with Crippen LogP contribution < -0.4 is 11.1 Å². The van der Waals surface area contributed by atoms with Crippen LogP contribution in [0.15, 0.2) is 35.3 Å². The van der Waals surface area contributed by atoms with E-state index in [1.165, 1.54) is 0 Å². The van der Waals surface area contributed by atoms with Crippen molar-refractivity contribution in [2.75, 3.05) is 13.6 Å². The Labute approximate surface area is 126 Å². The Bertz CT molecular complexity index is 512. The van der Waals surface area contributed by atoms with Gasteiger partial charge in [0, 0.05) is 32.0 Å². The van der Waals surface area contributed by atoms with Gasteiger partial charge in [-0.15, -0.1) is 0 Å². The molecule has 2 rings (SSSR count). The fourth-order valence-corrected chi connectivity index (χ4v) is 2.82. The summed E-state index contributed by atoms with van der Waals surface area (Å²) in [6.07, 6.45) is 0.522. The lowest BCUT2D eigenvalue weighted by Crippen LogP contribution is -2.37. The number of nitrogens with one attached hydrogen (secondary N) is 1. The Morgan fingerprint density at radius 3 is 2.71 bits per heavy atom. The first kappa shape index (κ1) is 15.4. The molecular formula is C16H24N4O. The van der Waals surface area contributed by atoms with Gasteiger partial charge >= 0.3 is 0 Å². The number of aliphatic imine (C=N–C) groups is 1. The van der Waals surface area contributed by atoms with E-state index in [1.54, 1.807) is 0 Å². The summed E-state index contributed by atoms with van der Waals surface area (Å²) in [5, 5.41) is 3.07. The van der Waals surface area contributed by atoms with Crippen LogP contribution in [0.1, 0.15) is 31.9 Å². The van der Waals surface area contributed by atoms with Crippen LogP contribution in [0.4, 0.5) is 0 Å². The number of hydrogen-bond donors (Lipinski definition) is 2. The van der Waals surface area contributed by atoms with Crippen LogP contribution in [0.5, 0.6) is 0 Å². The second-order valence-corrected chi connectivity index (χ2v) is 5.85. The molecule has 2 unspecified atom stereocenters. The van der Waals surface area contributed by atoms with E-state index in [-0.39, 0.29) is 23.9 Å². The van der Waals surface area contributed by atoms with Crippen molar-refractivity contribution >= 4 is 11.9 Å². The lowest BCUT2D eigenvalue weighted by atomic mass is 9.94. The maximum Gasteiger partial charge on any atom is 0.223 e. The molecule has 0 aliphatic carbocycles. The molecule has 0 radical (unpaired) electrons. The van der Waals surface area contributed by atoms with E-state index < -0.39 is 0 Å². The van der Waals surface area contributed by atoms with Gasteiger partial charge in [-0.25, -0.2) is 0 Å². The highest BCUT2D eigenvalue weighted by molar-refractivity contribution is 5.80. The number of carbonyl (C=O) groups is 1. The van der Waals surface area contributed by atoms with Gasteiger partial charge in [-0.3, -0.25) is 9.79 Å². The SMILES string of the molecule is CC(C)NC(N)=NCC1CC(=O)N(C)C1c1ccccc1. The predicted molar refractivity (Wildman–Crippen MR) is 84.8 cm³/mol. The summed E-state index contributed by atoms with van der Waals surface area (Å²) < 4.78 is 0. The van der Waals surface area contributed by atoms with Crippen molar-refractivity contribution in [3.05, 3.63) is 35.9 Å². The van der Waals surface area contributed by atoms with Gasteiger partial charge in [-0.1, -0.05) is 30.3 Å². The summed E-state index contributed by atoms with van der Waals surface area (Å²) >= 11 is 0. The second kappa shape index (κ2) is 6.61. The zero-order chi connectivity index (χ0) is 15.4. The molecule has 1 fully saturated rings. The Morgan fingerprint density at radius 1 is 1.43 bits per heavy atom. The molecule has 1 aromatic carbocycles. The molecule has 21 heavy (non-hydrogen) atoms. The standard InChI is InChI=1S/C16H24N4O/c1-11(2)19-16(17)18-10-13-9-14(21)20(3)15(13)12-7-5-4-6-8-12/h4-8,11,13,15H,9-10H2,1-3H3,(H3,17,18,19). The maximum absolute atomic E-state index is 12.0. The molecule has 5 heteroatoms. The Hall–Kier alpha value is -2.04. The molecule has 114 valence electrons. The van der Waals surface area contributed by atoms with Crippen LogP contribution in [0.3, 0.4) is 0 Å². The summed E-state index contributed by atoms with van der Waals surface area (Å²) in [6, 6.07) is 10.4. The summed E-state index contributed by atoms with van der Waals surface area (Å²) in [5.41, 5.74) is 7.00. The molecule has 1 amide bonds. The molecule has 1 aliphatic rings. The largest absolute Gasteiger partial charge is 0.370 e. The molecule has 3 N–H and O–H groups in total.